The summed E-state index contributed by atoms with van der Waals surface area (Å²) in [7, 11) is -3.88. The minimum Gasteiger partial charge on any atom is -0.492 e. The van der Waals surface area contributed by atoms with Crippen molar-refractivity contribution >= 4 is 21.6 Å². The average Bonchev–Trinajstić information content (AvgIpc) is 2.86. The first-order valence-corrected chi connectivity index (χ1v) is 12.7. The number of amides is 1. The summed E-state index contributed by atoms with van der Waals surface area (Å²) in [6.45, 7) is 4.40. The van der Waals surface area contributed by atoms with Crippen LogP contribution in [-0.4, -0.2) is 40.1 Å². The normalized spacial score (nSPS) is 15.2. The molecule has 1 N–H and O–H groups in total. The van der Waals surface area contributed by atoms with Gasteiger partial charge >= 0.3 is 0 Å². The van der Waals surface area contributed by atoms with Gasteiger partial charge in [-0.1, -0.05) is 48.9 Å². The summed E-state index contributed by atoms with van der Waals surface area (Å²) in [4.78, 5) is 13.0. The molecule has 1 amide bonds. The monoisotopic (exact) mass is 480 g/mol. The summed E-state index contributed by atoms with van der Waals surface area (Å²) in [5.74, 6) is 0.671. The lowest BCUT2D eigenvalue weighted by Gasteiger charge is -2.34. The van der Waals surface area contributed by atoms with Gasteiger partial charge in [-0.15, -0.1) is 0 Å². The van der Waals surface area contributed by atoms with Crippen LogP contribution in [0.5, 0.6) is 11.5 Å². The first kappa shape index (κ1) is 23.6. The molecule has 1 heterocycles. The van der Waals surface area contributed by atoms with Gasteiger partial charge in [0.05, 0.1) is 23.7 Å². The van der Waals surface area contributed by atoms with Crippen molar-refractivity contribution in [1.82, 2.24) is 5.32 Å². The van der Waals surface area contributed by atoms with E-state index < -0.39 is 22.0 Å². The zero-order chi connectivity index (χ0) is 24.1. The van der Waals surface area contributed by atoms with Crippen molar-refractivity contribution in [3.05, 3.63) is 83.9 Å². The number of rotatable bonds is 8. The van der Waals surface area contributed by atoms with Gasteiger partial charge in [-0.2, -0.15) is 0 Å². The lowest BCUT2D eigenvalue weighted by molar-refractivity contribution is -0.127. The summed E-state index contributed by atoms with van der Waals surface area (Å²) in [6, 6.07) is 21.3. The van der Waals surface area contributed by atoms with Crippen LogP contribution in [0, 0.1) is 6.92 Å². The number of ether oxygens (including phenoxy) is 2. The Labute approximate surface area is 200 Å². The van der Waals surface area contributed by atoms with Crippen LogP contribution >= 0.6 is 0 Å². The molecule has 0 unspecified atom stereocenters. The Morgan fingerprint density at radius 3 is 2.47 bits per heavy atom. The van der Waals surface area contributed by atoms with E-state index in [1.807, 2.05) is 31.2 Å². The minimum atomic E-state index is -3.88. The zero-order valence-corrected chi connectivity index (χ0v) is 20.0. The Morgan fingerprint density at radius 1 is 1.06 bits per heavy atom. The highest BCUT2D eigenvalue weighted by atomic mass is 32.2. The third-order valence-electron chi connectivity index (χ3n) is 5.64. The van der Waals surface area contributed by atoms with Crippen molar-refractivity contribution < 1.29 is 22.7 Å². The second-order valence-corrected chi connectivity index (χ2v) is 9.92. The predicted molar refractivity (Wildman–Crippen MR) is 131 cm³/mol. The highest BCUT2D eigenvalue weighted by Crippen LogP contribution is 2.36. The molecule has 178 valence electrons. The molecule has 3 aromatic carbocycles. The Kier molecular flexibility index (Phi) is 7.07. The van der Waals surface area contributed by atoms with Crippen LogP contribution in [-0.2, 0) is 21.2 Å². The second kappa shape index (κ2) is 10.2. The molecule has 0 spiro atoms. The van der Waals surface area contributed by atoms with Crippen molar-refractivity contribution in [1.29, 1.82) is 0 Å². The largest absolute Gasteiger partial charge is 0.492 e. The van der Waals surface area contributed by atoms with Gasteiger partial charge in [-0.3, -0.25) is 9.10 Å². The molecule has 0 fully saturated rings. The molecular weight excluding hydrogens is 452 g/mol. The van der Waals surface area contributed by atoms with E-state index >= 15 is 0 Å². The molecule has 0 aliphatic carbocycles. The average molecular weight is 481 g/mol. The van der Waals surface area contributed by atoms with Gasteiger partial charge < -0.3 is 14.8 Å². The maximum absolute atomic E-state index is 13.4. The van der Waals surface area contributed by atoms with Gasteiger partial charge in [0.15, 0.2) is 6.10 Å². The van der Waals surface area contributed by atoms with Gasteiger partial charge in [0, 0.05) is 0 Å². The molecule has 3 aromatic rings. The quantitative estimate of drug-likeness (QED) is 0.497. The summed E-state index contributed by atoms with van der Waals surface area (Å²) < 4.78 is 39.6. The molecule has 0 bridgehead atoms. The number of nitrogens with zero attached hydrogens (tertiary/aromatic N) is 1. The van der Waals surface area contributed by atoms with E-state index in [1.165, 1.54) is 9.87 Å². The molecule has 8 heteroatoms. The second-order valence-electron chi connectivity index (χ2n) is 8.06. The van der Waals surface area contributed by atoms with Gasteiger partial charge in [-0.25, -0.2) is 8.42 Å². The maximum atomic E-state index is 13.4. The number of carbonyl (C=O) groups excluding carboxylic acids is 1. The molecule has 1 atom stereocenters. The van der Waals surface area contributed by atoms with E-state index in [0.29, 0.717) is 11.4 Å². The zero-order valence-electron chi connectivity index (χ0n) is 19.2. The minimum absolute atomic E-state index is 0.127. The van der Waals surface area contributed by atoms with E-state index in [4.69, 9.17) is 9.47 Å². The standard InChI is InChI=1S/C26H28N2O5S/c1-3-20-10-12-21(13-11-20)32-17-16-27-26(29)25-18-28(23-6-4-5-7-24(23)33-25)34(30,31)22-14-8-19(2)9-15-22/h4-15,25H,3,16-18H2,1-2H3,(H,27,29)/t25-/m1/s1. The number of sulfonamides is 1. The molecule has 34 heavy (non-hydrogen) atoms. The van der Waals surface area contributed by atoms with E-state index in [2.05, 4.69) is 12.2 Å². The number of fused-ring (bicyclic) bond motifs is 1. The SMILES string of the molecule is CCc1ccc(OCCNC(=O)[C@H]2CN(S(=O)(=O)c3ccc(C)cc3)c3ccccc3O2)cc1. The van der Waals surface area contributed by atoms with Crippen molar-refractivity contribution in [3.8, 4) is 11.5 Å². The van der Waals surface area contributed by atoms with Crippen LogP contribution in [0.1, 0.15) is 18.1 Å². The lowest BCUT2D eigenvalue weighted by atomic mass is 10.2. The number of anilines is 1. The number of hydrogen-bond acceptors (Lipinski definition) is 5. The molecule has 0 radical (unpaired) electrons. The first-order valence-electron chi connectivity index (χ1n) is 11.2. The highest BCUT2D eigenvalue weighted by Gasteiger charge is 2.37. The molecule has 0 saturated heterocycles. The summed E-state index contributed by atoms with van der Waals surface area (Å²) in [5.41, 5.74) is 2.59. The summed E-state index contributed by atoms with van der Waals surface area (Å²) >= 11 is 0. The molecule has 1 aliphatic heterocycles. The number of hydrogen-bond donors (Lipinski definition) is 1. The Hall–Kier alpha value is -3.52. The van der Waals surface area contributed by atoms with Crippen molar-refractivity contribution in [2.24, 2.45) is 0 Å². The van der Waals surface area contributed by atoms with Crippen molar-refractivity contribution in [3.63, 3.8) is 0 Å². The van der Waals surface area contributed by atoms with Crippen LogP contribution in [0.2, 0.25) is 0 Å². The van der Waals surface area contributed by atoms with E-state index in [9.17, 15) is 13.2 Å². The van der Waals surface area contributed by atoms with Gasteiger partial charge in [0.25, 0.3) is 15.9 Å². The molecule has 1 aliphatic rings. The maximum Gasteiger partial charge on any atom is 0.264 e. The van der Waals surface area contributed by atoms with Gasteiger partial charge in [0.1, 0.15) is 18.1 Å². The fourth-order valence-electron chi connectivity index (χ4n) is 3.68. The van der Waals surface area contributed by atoms with Crippen molar-refractivity contribution in [2.75, 3.05) is 24.0 Å². The molecule has 0 saturated carbocycles. The van der Waals surface area contributed by atoms with E-state index in [0.717, 1.165) is 17.7 Å². The third-order valence-corrected chi connectivity index (χ3v) is 7.43. The summed E-state index contributed by atoms with van der Waals surface area (Å²) in [5, 5.41) is 2.78. The fourth-order valence-corrected chi connectivity index (χ4v) is 5.16. The Morgan fingerprint density at radius 2 is 1.76 bits per heavy atom. The number of carbonyl (C=O) groups is 1. The Balaban J connectivity index is 1.43. The van der Waals surface area contributed by atoms with Crippen LogP contribution in [0.25, 0.3) is 0 Å². The molecular formula is C26H28N2O5S. The number of benzene rings is 3. The molecule has 4 rings (SSSR count). The predicted octanol–water partition coefficient (Wildman–Crippen LogP) is 3.71. The van der Waals surface area contributed by atoms with Crippen molar-refractivity contribution in [2.45, 2.75) is 31.3 Å². The van der Waals surface area contributed by atoms with Gasteiger partial charge in [0.2, 0.25) is 0 Å². The highest BCUT2D eigenvalue weighted by molar-refractivity contribution is 7.92. The van der Waals surface area contributed by atoms with E-state index in [1.54, 1.807) is 48.5 Å². The van der Waals surface area contributed by atoms with Crippen LogP contribution in [0.15, 0.2) is 77.7 Å². The van der Waals surface area contributed by atoms with E-state index in [-0.39, 0.29) is 24.6 Å². The number of para-hydroxylation sites is 2. The lowest BCUT2D eigenvalue weighted by Crippen LogP contribution is -2.51. The third kappa shape index (κ3) is 5.17. The number of nitrogens with one attached hydrogen (secondary N) is 1. The topological polar surface area (TPSA) is 84.9 Å². The fraction of sp³-hybridized carbons (Fsp3) is 0.269. The summed E-state index contributed by atoms with van der Waals surface area (Å²) in [6.07, 6.45) is -0.0312. The molecule has 0 aromatic heterocycles. The Bertz CT molecular complexity index is 1240. The first-order chi connectivity index (χ1) is 16.4. The smallest absolute Gasteiger partial charge is 0.264 e. The van der Waals surface area contributed by atoms with Crippen LogP contribution in [0.3, 0.4) is 0 Å². The van der Waals surface area contributed by atoms with Crippen LogP contribution < -0.4 is 19.1 Å². The molecule has 7 nitrogen and oxygen atoms in total. The van der Waals surface area contributed by atoms with Gasteiger partial charge in [-0.05, 0) is 55.3 Å². The van der Waals surface area contributed by atoms with Crippen LogP contribution in [0.4, 0.5) is 5.69 Å². The number of aryl methyl sites for hydroxylation is 2.